The molecule has 2 atom stereocenters. The van der Waals surface area contributed by atoms with Gasteiger partial charge in [0.05, 0.1) is 23.0 Å². The van der Waals surface area contributed by atoms with E-state index < -0.39 is 16.8 Å². The van der Waals surface area contributed by atoms with Gasteiger partial charge in [-0.1, -0.05) is 13.0 Å². The first-order valence-electron chi connectivity index (χ1n) is 7.44. The highest BCUT2D eigenvalue weighted by Gasteiger charge is 2.67. The van der Waals surface area contributed by atoms with Gasteiger partial charge in [0.15, 0.2) is 0 Å². The maximum Gasteiger partial charge on any atom is 0.330 e. The minimum atomic E-state index is -0.909. The molecule has 0 saturated heterocycles. The van der Waals surface area contributed by atoms with Gasteiger partial charge in [-0.25, -0.2) is 4.79 Å². The lowest BCUT2D eigenvalue weighted by Crippen LogP contribution is -2.59. The molecule has 0 radical (unpaired) electrons. The fourth-order valence-electron chi connectivity index (χ4n) is 6.14. The predicted molar refractivity (Wildman–Crippen MR) is 75.7 cm³/mol. The third kappa shape index (κ3) is 1.97. The van der Waals surface area contributed by atoms with Gasteiger partial charge in [-0.15, -0.1) is 0 Å². The van der Waals surface area contributed by atoms with Gasteiger partial charge in [-0.2, -0.15) is 10.5 Å². The zero-order valence-electron chi connectivity index (χ0n) is 12.6. The Hall–Kier alpha value is -1.81. The van der Waals surface area contributed by atoms with Crippen LogP contribution >= 0.6 is 0 Å². The van der Waals surface area contributed by atoms with Crippen molar-refractivity contribution in [3.63, 3.8) is 0 Å². The summed E-state index contributed by atoms with van der Waals surface area (Å²) in [6.45, 7) is 3.78. The molecule has 1 N–H and O–H groups in total. The van der Waals surface area contributed by atoms with Crippen LogP contribution in [0.4, 0.5) is 0 Å². The number of carboxylic acids is 1. The van der Waals surface area contributed by atoms with Crippen molar-refractivity contribution < 1.29 is 9.90 Å². The molecular formula is C17H20N2O2. The van der Waals surface area contributed by atoms with Gasteiger partial charge in [0.25, 0.3) is 0 Å². The van der Waals surface area contributed by atoms with Crippen LogP contribution in [0.1, 0.15) is 52.4 Å². The molecule has 4 rings (SSSR count). The van der Waals surface area contributed by atoms with Crippen molar-refractivity contribution in [3.8, 4) is 12.1 Å². The number of carbonyl (C=O) groups is 1. The van der Waals surface area contributed by atoms with Gasteiger partial charge in [-0.05, 0) is 56.3 Å². The maximum absolute atomic E-state index is 11.2. The summed E-state index contributed by atoms with van der Waals surface area (Å²) < 4.78 is 0. The smallest absolute Gasteiger partial charge is 0.330 e. The first-order chi connectivity index (χ1) is 9.69. The average molecular weight is 284 g/mol. The molecule has 21 heavy (non-hydrogen) atoms. The van der Waals surface area contributed by atoms with Crippen molar-refractivity contribution in [2.45, 2.75) is 52.4 Å². The number of rotatable bonds is 2. The Labute approximate surface area is 125 Å². The summed E-state index contributed by atoms with van der Waals surface area (Å²) >= 11 is 0. The van der Waals surface area contributed by atoms with Crippen LogP contribution in [0.5, 0.6) is 0 Å². The second kappa shape index (κ2) is 3.89. The van der Waals surface area contributed by atoms with E-state index in [1.165, 1.54) is 0 Å². The normalized spacial score (nSPS) is 47.7. The highest BCUT2D eigenvalue weighted by atomic mass is 16.4. The van der Waals surface area contributed by atoms with E-state index in [1.807, 2.05) is 6.08 Å². The molecule has 4 fully saturated rings. The number of aliphatic carboxylic acids is 1. The van der Waals surface area contributed by atoms with Crippen molar-refractivity contribution in [3.05, 3.63) is 11.6 Å². The lowest BCUT2D eigenvalue weighted by molar-refractivity contribution is -0.139. The van der Waals surface area contributed by atoms with Crippen LogP contribution in [0.2, 0.25) is 0 Å². The minimum absolute atomic E-state index is 0.0184. The lowest BCUT2D eigenvalue weighted by atomic mass is 9.36. The molecule has 0 aliphatic heterocycles. The summed E-state index contributed by atoms with van der Waals surface area (Å²) in [5, 5.41) is 28.6. The van der Waals surface area contributed by atoms with Crippen molar-refractivity contribution in [2.75, 3.05) is 0 Å². The third-order valence-electron chi connectivity index (χ3n) is 5.70. The van der Waals surface area contributed by atoms with E-state index in [1.54, 1.807) is 6.92 Å². The molecule has 110 valence electrons. The summed E-state index contributed by atoms with van der Waals surface area (Å²) in [4.78, 5) is 11.2. The topological polar surface area (TPSA) is 84.9 Å². The van der Waals surface area contributed by atoms with Crippen molar-refractivity contribution in [1.82, 2.24) is 0 Å². The second-order valence-corrected chi connectivity index (χ2v) is 8.15. The third-order valence-corrected chi connectivity index (χ3v) is 5.70. The van der Waals surface area contributed by atoms with Crippen molar-refractivity contribution in [2.24, 2.45) is 21.7 Å². The maximum atomic E-state index is 11.2. The fraction of sp³-hybridized carbons (Fsp3) is 0.706. The van der Waals surface area contributed by atoms with Crippen LogP contribution in [0.3, 0.4) is 0 Å². The molecule has 2 unspecified atom stereocenters. The standard InChI is InChI=1S/C17H20N2O2/c1-12(13(20)21)3-15-4-14(2)5-16(7-15,10-18)9-17(6-14,8-15)11-19/h3H,4-9H2,1-2H3,(H,20,21). The number of hydrogen-bond donors (Lipinski definition) is 1. The number of nitriles is 2. The van der Waals surface area contributed by atoms with Crippen LogP contribution in [-0.4, -0.2) is 11.1 Å². The summed E-state index contributed by atoms with van der Waals surface area (Å²) in [5.41, 5.74) is -0.877. The molecular weight excluding hydrogens is 264 g/mol. The van der Waals surface area contributed by atoms with Crippen LogP contribution in [-0.2, 0) is 4.79 Å². The summed E-state index contributed by atoms with van der Waals surface area (Å²) in [5.74, 6) is -0.909. The molecule has 0 aromatic rings. The SMILES string of the molecule is CC(=CC12CC3(C)CC(C#N)(CC(C#N)(C3)C1)C2)C(=O)O. The van der Waals surface area contributed by atoms with E-state index in [0.717, 1.165) is 19.3 Å². The molecule has 4 aliphatic carbocycles. The van der Waals surface area contributed by atoms with Crippen LogP contribution in [0.15, 0.2) is 11.6 Å². The molecule has 4 bridgehead atoms. The Balaban J connectivity index is 2.13. The summed E-state index contributed by atoms with van der Waals surface area (Å²) in [7, 11) is 0. The van der Waals surface area contributed by atoms with E-state index in [9.17, 15) is 20.4 Å². The Morgan fingerprint density at radius 3 is 2.00 bits per heavy atom. The Bertz CT molecular complexity index is 604. The van der Waals surface area contributed by atoms with E-state index in [2.05, 4.69) is 19.1 Å². The van der Waals surface area contributed by atoms with E-state index >= 15 is 0 Å². The zero-order chi connectivity index (χ0) is 15.5. The largest absolute Gasteiger partial charge is 0.478 e. The Morgan fingerprint density at radius 1 is 1.05 bits per heavy atom. The number of nitrogens with zero attached hydrogens (tertiary/aromatic N) is 2. The first-order valence-corrected chi connectivity index (χ1v) is 7.44. The van der Waals surface area contributed by atoms with Gasteiger partial charge < -0.3 is 5.11 Å². The van der Waals surface area contributed by atoms with Gasteiger partial charge >= 0.3 is 5.97 Å². The van der Waals surface area contributed by atoms with E-state index in [4.69, 9.17) is 0 Å². The van der Waals surface area contributed by atoms with Gasteiger partial charge in [0.2, 0.25) is 0 Å². The van der Waals surface area contributed by atoms with E-state index in [0.29, 0.717) is 24.8 Å². The molecule has 0 heterocycles. The molecule has 4 heteroatoms. The van der Waals surface area contributed by atoms with Crippen molar-refractivity contribution >= 4 is 5.97 Å². The molecule has 4 saturated carbocycles. The van der Waals surface area contributed by atoms with Crippen LogP contribution in [0.25, 0.3) is 0 Å². The fourth-order valence-corrected chi connectivity index (χ4v) is 6.14. The lowest BCUT2D eigenvalue weighted by Gasteiger charge is -2.66. The molecule has 0 spiro atoms. The predicted octanol–water partition coefficient (Wildman–Crippen LogP) is 3.41. The van der Waals surface area contributed by atoms with Gasteiger partial charge in [0, 0.05) is 5.57 Å². The quantitative estimate of drug-likeness (QED) is 0.787. The molecule has 4 nitrogen and oxygen atoms in total. The second-order valence-electron chi connectivity index (χ2n) is 8.15. The zero-order valence-corrected chi connectivity index (χ0v) is 12.6. The molecule has 0 amide bonds. The number of carboxylic acid groups (broad SMARTS) is 1. The van der Waals surface area contributed by atoms with Gasteiger partial charge in [0.1, 0.15) is 0 Å². The number of allylic oxidation sites excluding steroid dienone is 1. The molecule has 0 aromatic heterocycles. The summed E-state index contributed by atoms with van der Waals surface area (Å²) in [6.07, 6.45) is 6.52. The Morgan fingerprint density at radius 2 is 1.57 bits per heavy atom. The Kier molecular flexibility index (Phi) is 2.62. The van der Waals surface area contributed by atoms with Crippen molar-refractivity contribution in [1.29, 1.82) is 10.5 Å². The number of hydrogen-bond acceptors (Lipinski definition) is 3. The summed E-state index contributed by atoms with van der Waals surface area (Å²) in [6, 6.07) is 4.99. The first kappa shape index (κ1) is 14.1. The van der Waals surface area contributed by atoms with Crippen LogP contribution < -0.4 is 0 Å². The highest BCUT2D eigenvalue weighted by Crippen LogP contribution is 2.73. The van der Waals surface area contributed by atoms with Gasteiger partial charge in [-0.3, -0.25) is 0 Å². The van der Waals surface area contributed by atoms with E-state index in [-0.39, 0.29) is 10.8 Å². The molecule has 0 aromatic carbocycles. The minimum Gasteiger partial charge on any atom is -0.478 e. The molecule has 4 aliphatic rings. The monoisotopic (exact) mass is 284 g/mol. The van der Waals surface area contributed by atoms with Crippen LogP contribution in [0, 0.1) is 44.3 Å². The average Bonchev–Trinajstić information content (AvgIpc) is 2.35. The highest BCUT2D eigenvalue weighted by molar-refractivity contribution is 5.86.